The largest absolute Gasteiger partial charge is 0.370 e. The molecule has 2 rings (SSSR count). The fourth-order valence-electron chi connectivity index (χ4n) is 1.55. The number of nitrogens with one attached hydrogen (secondary N) is 1. The Hall–Kier alpha value is -1.16. The van der Waals surface area contributed by atoms with Crippen molar-refractivity contribution in [1.82, 2.24) is 9.97 Å². The standard InChI is InChI=1S/C10H14N2O2/c1-2-14-9(7-3-4-7)10-11-6-5-8(13)12-10/h5-7,9H,2-4H2,1H3,(H,11,12,13). The van der Waals surface area contributed by atoms with Crippen LogP contribution in [0, 0.1) is 5.92 Å². The molecule has 1 aromatic heterocycles. The van der Waals surface area contributed by atoms with Crippen molar-refractivity contribution in [1.29, 1.82) is 0 Å². The topological polar surface area (TPSA) is 55.0 Å². The molecule has 0 amide bonds. The lowest BCUT2D eigenvalue weighted by molar-refractivity contribution is 0.0398. The molecule has 0 saturated heterocycles. The second-order valence-electron chi connectivity index (χ2n) is 3.53. The maximum absolute atomic E-state index is 11.1. The normalized spacial score (nSPS) is 18.1. The van der Waals surface area contributed by atoms with Crippen molar-refractivity contribution in [3.05, 3.63) is 28.4 Å². The van der Waals surface area contributed by atoms with Crippen molar-refractivity contribution in [2.24, 2.45) is 5.92 Å². The molecular formula is C10H14N2O2. The molecule has 4 nitrogen and oxygen atoms in total. The van der Waals surface area contributed by atoms with Crippen LogP contribution in [0.25, 0.3) is 0 Å². The number of aromatic amines is 1. The van der Waals surface area contributed by atoms with Gasteiger partial charge in [0.15, 0.2) is 0 Å². The van der Waals surface area contributed by atoms with E-state index in [1.165, 1.54) is 25.1 Å². The van der Waals surface area contributed by atoms with Gasteiger partial charge in [-0.15, -0.1) is 0 Å². The van der Waals surface area contributed by atoms with Crippen molar-refractivity contribution in [3.8, 4) is 0 Å². The zero-order valence-electron chi connectivity index (χ0n) is 8.19. The van der Waals surface area contributed by atoms with E-state index in [0.717, 1.165) is 0 Å². The smallest absolute Gasteiger partial charge is 0.250 e. The van der Waals surface area contributed by atoms with E-state index in [4.69, 9.17) is 4.74 Å². The minimum atomic E-state index is -0.111. The van der Waals surface area contributed by atoms with Gasteiger partial charge in [0.2, 0.25) is 0 Å². The van der Waals surface area contributed by atoms with Crippen LogP contribution >= 0.6 is 0 Å². The van der Waals surface area contributed by atoms with Crippen LogP contribution in [0.15, 0.2) is 17.1 Å². The highest BCUT2D eigenvalue weighted by molar-refractivity contribution is 4.99. The minimum Gasteiger partial charge on any atom is -0.370 e. The third kappa shape index (κ3) is 2.01. The first-order chi connectivity index (χ1) is 6.81. The van der Waals surface area contributed by atoms with Gasteiger partial charge >= 0.3 is 0 Å². The Kier molecular flexibility index (Phi) is 2.63. The monoisotopic (exact) mass is 194 g/mol. The quantitative estimate of drug-likeness (QED) is 0.785. The van der Waals surface area contributed by atoms with E-state index >= 15 is 0 Å². The summed E-state index contributed by atoms with van der Waals surface area (Å²) in [5, 5.41) is 0. The molecule has 1 N–H and O–H groups in total. The number of rotatable bonds is 4. The lowest BCUT2D eigenvalue weighted by Crippen LogP contribution is -2.16. The predicted molar refractivity (Wildman–Crippen MR) is 51.9 cm³/mol. The fourth-order valence-corrected chi connectivity index (χ4v) is 1.55. The SMILES string of the molecule is CCOC(c1nccc(=O)[nH]1)C1CC1. The molecule has 76 valence electrons. The third-order valence-corrected chi connectivity index (χ3v) is 2.36. The number of aromatic nitrogens is 2. The first-order valence-electron chi connectivity index (χ1n) is 4.98. The van der Waals surface area contributed by atoms with Gasteiger partial charge in [-0.1, -0.05) is 0 Å². The van der Waals surface area contributed by atoms with Crippen LogP contribution in [0.3, 0.4) is 0 Å². The molecule has 0 spiro atoms. The highest BCUT2D eigenvalue weighted by Gasteiger charge is 2.34. The highest BCUT2D eigenvalue weighted by atomic mass is 16.5. The Balaban J connectivity index is 2.20. The summed E-state index contributed by atoms with van der Waals surface area (Å²) in [7, 11) is 0. The van der Waals surface area contributed by atoms with Crippen molar-refractivity contribution in [2.75, 3.05) is 6.61 Å². The average Bonchev–Trinajstić information content (AvgIpc) is 2.97. The molecule has 14 heavy (non-hydrogen) atoms. The van der Waals surface area contributed by atoms with E-state index in [2.05, 4.69) is 9.97 Å². The van der Waals surface area contributed by atoms with Crippen molar-refractivity contribution < 1.29 is 4.74 Å². The Morgan fingerprint density at radius 1 is 1.71 bits per heavy atom. The number of ether oxygens (including phenoxy) is 1. The van der Waals surface area contributed by atoms with Crippen LogP contribution in [0.5, 0.6) is 0 Å². The van der Waals surface area contributed by atoms with E-state index in [1.807, 2.05) is 6.92 Å². The maximum atomic E-state index is 11.1. The summed E-state index contributed by atoms with van der Waals surface area (Å²) in [5.41, 5.74) is -0.111. The van der Waals surface area contributed by atoms with Gasteiger partial charge in [-0.05, 0) is 25.7 Å². The highest BCUT2D eigenvalue weighted by Crippen LogP contribution is 2.41. The molecule has 4 heteroatoms. The van der Waals surface area contributed by atoms with Gasteiger partial charge in [-0.25, -0.2) is 4.98 Å². The van der Waals surface area contributed by atoms with E-state index in [9.17, 15) is 4.79 Å². The number of H-pyrrole nitrogens is 1. The van der Waals surface area contributed by atoms with Gasteiger partial charge in [0.1, 0.15) is 11.9 Å². The molecular weight excluding hydrogens is 180 g/mol. The number of hydrogen-bond donors (Lipinski definition) is 1. The molecule has 1 aromatic rings. The van der Waals surface area contributed by atoms with Crippen LogP contribution in [0.4, 0.5) is 0 Å². The molecule has 1 unspecified atom stereocenters. The molecule has 0 radical (unpaired) electrons. The van der Waals surface area contributed by atoms with Gasteiger partial charge in [-0.2, -0.15) is 0 Å². The fraction of sp³-hybridized carbons (Fsp3) is 0.600. The summed E-state index contributed by atoms with van der Waals surface area (Å²) in [5.74, 6) is 1.21. The Bertz CT molecular complexity index is 357. The Labute approximate surface area is 82.3 Å². The van der Waals surface area contributed by atoms with Crippen LogP contribution in [0.1, 0.15) is 31.7 Å². The summed E-state index contributed by atoms with van der Waals surface area (Å²) in [6, 6.07) is 1.42. The molecule has 1 saturated carbocycles. The number of hydrogen-bond acceptors (Lipinski definition) is 3. The van der Waals surface area contributed by atoms with Crippen LogP contribution in [-0.4, -0.2) is 16.6 Å². The first kappa shape index (κ1) is 9.40. The molecule has 0 aromatic carbocycles. The van der Waals surface area contributed by atoms with Crippen LogP contribution < -0.4 is 5.56 Å². The molecule has 0 aliphatic heterocycles. The molecule has 1 aliphatic carbocycles. The molecule has 1 fully saturated rings. The summed E-state index contributed by atoms with van der Waals surface area (Å²) < 4.78 is 5.57. The second-order valence-corrected chi connectivity index (χ2v) is 3.53. The third-order valence-electron chi connectivity index (χ3n) is 2.36. The van der Waals surface area contributed by atoms with E-state index in [-0.39, 0.29) is 11.7 Å². The Morgan fingerprint density at radius 2 is 2.50 bits per heavy atom. The van der Waals surface area contributed by atoms with Crippen molar-refractivity contribution in [2.45, 2.75) is 25.9 Å². The molecule has 1 aliphatic rings. The summed E-state index contributed by atoms with van der Waals surface area (Å²) in [4.78, 5) is 18.0. The van der Waals surface area contributed by atoms with Crippen molar-refractivity contribution in [3.63, 3.8) is 0 Å². The van der Waals surface area contributed by atoms with Gasteiger partial charge in [0, 0.05) is 18.9 Å². The zero-order valence-corrected chi connectivity index (χ0v) is 8.19. The van der Waals surface area contributed by atoms with Crippen LogP contribution in [0.2, 0.25) is 0 Å². The van der Waals surface area contributed by atoms with Gasteiger partial charge in [0.05, 0.1) is 0 Å². The lowest BCUT2D eigenvalue weighted by Gasteiger charge is -2.14. The second kappa shape index (κ2) is 3.92. The Morgan fingerprint density at radius 3 is 3.07 bits per heavy atom. The summed E-state index contributed by atoms with van der Waals surface area (Å²) in [6.07, 6.45) is 3.85. The summed E-state index contributed by atoms with van der Waals surface area (Å²) >= 11 is 0. The van der Waals surface area contributed by atoms with Crippen LogP contribution in [-0.2, 0) is 4.74 Å². The van der Waals surface area contributed by atoms with Crippen molar-refractivity contribution >= 4 is 0 Å². The van der Waals surface area contributed by atoms with Gasteiger partial charge in [-0.3, -0.25) is 4.79 Å². The summed E-state index contributed by atoms with van der Waals surface area (Å²) in [6.45, 7) is 2.61. The molecule has 0 bridgehead atoms. The lowest BCUT2D eigenvalue weighted by atomic mass is 10.2. The molecule has 1 heterocycles. The predicted octanol–water partition coefficient (Wildman–Crippen LogP) is 1.26. The van der Waals surface area contributed by atoms with E-state index < -0.39 is 0 Å². The molecule has 1 atom stereocenters. The van der Waals surface area contributed by atoms with Gasteiger partial charge < -0.3 is 9.72 Å². The number of nitrogens with zero attached hydrogens (tertiary/aromatic N) is 1. The zero-order chi connectivity index (χ0) is 9.97. The maximum Gasteiger partial charge on any atom is 0.250 e. The van der Waals surface area contributed by atoms with Gasteiger partial charge in [0.25, 0.3) is 5.56 Å². The van der Waals surface area contributed by atoms with E-state index in [0.29, 0.717) is 18.3 Å². The average molecular weight is 194 g/mol. The first-order valence-corrected chi connectivity index (χ1v) is 4.98. The van der Waals surface area contributed by atoms with E-state index in [1.54, 1.807) is 0 Å². The minimum absolute atomic E-state index is 0.0195.